The maximum absolute atomic E-state index is 12.2. The van der Waals surface area contributed by atoms with E-state index in [0.29, 0.717) is 19.5 Å². The van der Waals surface area contributed by atoms with Crippen LogP contribution >= 0.6 is 0 Å². The number of benzene rings is 1. The highest BCUT2D eigenvalue weighted by atomic mass is 16.5. The first kappa shape index (κ1) is 19.0. The van der Waals surface area contributed by atoms with Gasteiger partial charge in [-0.15, -0.1) is 0 Å². The van der Waals surface area contributed by atoms with Crippen LogP contribution < -0.4 is 10.2 Å². The van der Waals surface area contributed by atoms with Crippen LogP contribution in [-0.2, 0) is 19.1 Å². The Balaban J connectivity index is 1.71. The third kappa shape index (κ3) is 5.59. The minimum Gasteiger partial charge on any atom is -0.469 e. The number of methoxy groups -OCH3 is 1. The number of carbonyl (C=O) groups excluding carboxylic acids is 3. The Kier molecular flexibility index (Phi) is 6.98. The lowest BCUT2D eigenvalue weighted by molar-refractivity contribution is -0.140. The highest BCUT2D eigenvalue weighted by Gasteiger charge is 2.34. The molecule has 0 saturated carbocycles. The van der Waals surface area contributed by atoms with Gasteiger partial charge in [0.15, 0.2) is 0 Å². The molecule has 6 heteroatoms. The molecule has 25 heavy (non-hydrogen) atoms. The molecule has 1 aromatic rings. The molecule has 1 N–H and O–H groups in total. The molecule has 2 amide bonds. The fourth-order valence-corrected chi connectivity index (χ4v) is 2.89. The van der Waals surface area contributed by atoms with Gasteiger partial charge in [-0.3, -0.25) is 14.4 Å². The van der Waals surface area contributed by atoms with Gasteiger partial charge < -0.3 is 15.0 Å². The van der Waals surface area contributed by atoms with Crippen LogP contribution in [0, 0.1) is 12.8 Å². The summed E-state index contributed by atoms with van der Waals surface area (Å²) in [6, 6.07) is 7.75. The summed E-state index contributed by atoms with van der Waals surface area (Å²) in [6.45, 7) is 2.99. The van der Waals surface area contributed by atoms with Crippen LogP contribution in [0.5, 0.6) is 0 Å². The molecule has 0 aromatic heterocycles. The van der Waals surface area contributed by atoms with Crippen molar-refractivity contribution in [3.63, 3.8) is 0 Å². The lowest BCUT2D eigenvalue weighted by Crippen LogP contribution is -2.33. The smallest absolute Gasteiger partial charge is 0.305 e. The number of nitrogens with zero attached hydrogens (tertiary/aromatic N) is 1. The average molecular weight is 346 g/mol. The zero-order valence-corrected chi connectivity index (χ0v) is 14.9. The van der Waals surface area contributed by atoms with Gasteiger partial charge in [-0.05, 0) is 31.9 Å². The second-order valence-electron chi connectivity index (χ2n) is 6.42. The van der Waals surface area contributed by atoms with E-state index in [4.69, 9.17) is 0 Å². The number of aryl methyl sites for hydroxylation is 1. The van der Waals surface area contributed by atoms with E-state index in [1.807, 2.05) is 31.2 Å². The van der Waals surface area contributed by atoms with E-state index in [9.17, 15) is 14.4 Å². The monoisotopic (exact) mass is 346 g/mol. The van der Waals surface area contributed by atoms with Gasteiger partial charge in [-0.25, -0.2) is 0 Å². The fraction of sp³-hybridized carbons (Fsp3) is 0.526. The van der Waals surface area contributed by atoms with E-state index in [-0.39, 0.29) is 30.1 Å². The van der Waals surface area contributed by atoms with Crippen molar-refractivity contribution in [2.24, 2.45) is 5.92 Å². The molecule has 0 radical (unpaired) electrons. The van der Waals surface area contributed by atoms with Gasteiger partial charge in [0.2, 0.25) is 11.8 Å². The second kappa shape index (κ2) is 9.20. The van der Waals surface area contributed by atoms with Gasteiger partial charge in [0.1, 0.15) is 0 Å². The normalized spacial score (nSPS) is 16.8. The SMILES string of the molecule is COC(=O)CCCCCNC(=O)C1CC(=O)N(c2ccc(C)cc2)C1. The largest absolute Gasteiger partial charge is 0.469 e. The summed E-state index contributed by atoms with van der Waals surface area (Å²) in [4.78, 5) is 37.1. The highest BCUT2D eigenvalue weighted by molar-refractivity contribution is 6.00. The van der Waals surface area contributed by atoms with E-state index in [1.165, 1.54) is 7.11 Å². The van der Waals surface area contributed by atoms with E-state index in [2.05, 4.69) is 10.1 Å². The van der Waals surface area contributed by atoms with Gasteiger partial charge in [0, 0.05) is 31.6 Å². The number of ether oxygens (including phenoxy) is 1. The molecule has 1 aliphatic rings. The average Bonchev–Trinajstić information content (AvgIpc) is 3.00. The predicted molar refractivity (Wildman–Crippen MR) is 95.1 cm³/mol. The molecule has 1 unspecified atom stereocenters. The van der Waals surface area contributed by atoms with Crippen molar-refractivity contribution in [2.45, 2.75) is 39.0 Å². The Morgan fingerprint density at radius 3 is 2.60 bits per heavy atom. The Bertz CT molecular complexity index is 612. The van der Waals surface area contributed by atoms with Gasteiger partial charge in [-0.2, -0.15) is 0 Å². The number of hydrogen-bond acceptors (Lipinski definition) is 4. The summed E-state index contributed by atoms with van der Waals surface area (Å²) in [5.74, 6) is -0.591. The number of amides is 2. The van der Waals surface area contributed by atoms with Crippen LogP contribution in [0.2, 0.25) is 0 Å². The summed E-state index contributed by atoms with van der Waals surface area (Å²) >= 11 is 0. The third-order valence-corrected chi connectivity index (χ3v) is 4.43. The fourth-order valence-electron chi connectivity index (χ4n) is 2.89. The summed E-state index contributed by atoms with van der Waals surface area (Å²) in [6.07, 6.45) is 3.08. The van der Waals surface area contributed by atoms with Crippen LogP contribution in [-0.4, -0.2) is 38.0 Å². The summed E-state index contributed by atoms with van der Waals surface area (Å²) in [5.41, 5.74) is 1.98. The molecular weight excluding hydrogens is 320 g/mol. The lowest BCUT2D eigenvalue weighted by Gasteiger charge is -2.17. The number of anilines is 1. The lowest BCUT2D eigenvalue weighted by atomic mass is 10.1. The highest BCUT2D eigenvalue weighted by Crippen LogP contribution is 2.25. The number of unbranched alkanes of at least 4 members (excludes halogenated alkanes) is 2. The van der Waals surface area contributed by atoms with E-state index < -0.39 is 0 Å². The standard InChI is InChI=1S/C19H26N2O4/c1-14-7-9-16(10-8-14)21-13-15(12-17(21)22)19(24)20-11-5-3-4-6-18(23)25-2/h7-10,15H,3-6,11-13H2,1-2H3,(H,20,24). The molecule has 0 spiro atoms. The van der Waals surface area contributed by atoms with E-state index in [0.717, 1.165) is 30.5 Å². The first-order chi connectivity index (χ1) is 12.0. The molecule has 136 valence electrons. The van der Waals surface area contributed by atoms with E-state index in [1.54, 1.807) is 4.90 Å². The van der Waals surface area contributed by atoms with Crippen molar-refractivity contribution in [1.82, 2.24) is 5.32 Å². The van der Waals surface area contributed by atoms with Crippen molar-refractivity contribution >= 4 is 23.5 Å². The Morgan fingerprint density at radius 1 is 1.20 bits per heavy atom. The molecule has 0 bridgehead atoms. The molecule has 1 saturated heterocycles. The van der Waals surface area contributed by atoms with Crippen LogP contribution in [0.15, 0.2) is 24.3 Å². The van der Waals surface area contributed by atoms with Gasteiger partial charge >= 0.3 is 5.97 Å². The topological polar surface area (TPSA) is 75.7 Å². The molecule has 0 aliphatic carbocycles. The molecule has 1 aromatic carbocycles. The first-order valence-electron chi connectivity index (χ1n) is 8.73. The molecular formula is C19H26N2O4. The zero-order valence-electron chi connectivity index (χ0n) is 14.9. The molecule has 1 atom stereocenters. The maximum atomic E-state index is 12.2. The van der Waals surface area contributed by atoms with Crippen LogP contribution in [0.3, 0.4) is 0 Å². The number of rotatable bonds is 8. The minimum absolute atomic E-state index is 0.0120. The van der Waals surface area contributed by atoms with Gasteiger partial charge in [0.25, 0.3) is 0 Å². The maximum Gasteiger partial charge on any atom is 0.305 e. The second-order valence-corrected chi connectivity index (χ2v) is 6.42. The summed E-state index contributed by atoms with van der Waals surface area (Å²) in [7, 11) is 1.38. The van der Waals surface area contributed by atoms with Crippen LogP contribution in [0.4, 0.5) is 5.69 Å². The Labute approximate surface area is 148 Å². The molecule has 1 aliphatic heterocycles. The minimum atomic E-state index is -0.302. The Hall–Kier alpha value is -2.37. The number of carbonyl (C=O) groups is 3. The number of hydrogen-bond donors (Lipinski definition) is 1. The van der Waals surface area contributed by atoms with Crippen LogP contribution in [0.1, 0.15) is 37.7 Å². The van der Waals surface area contributed by atoms with Crippen LogP contribution in [0.25, 0.3) is 0 Å². The van der Waals surface area contributed by atoms with Crippen molar-refractivity contribution in [3.8, 4) is 0 Å². The third-order valence-electron chi connectivity index (χ3n) is 4.43. The number of esters is 1. The summed E-state index contributed by atoms with van der Waals surface area (Å²) in [5, 5.41) is 2.89. The summed E-state index contributed by atoms with van der Waals surface area (Å²) < 4.78 is 4.58. The van der Waals surface area contributed by atoms with Crippen molar-refractivity contribution in [1.29, 1.82) is 0 Å². The van der Waals surface area contributed by atoms with Crippen molar-refractivity contribution in [3.05, 3.63) is 29.8 Å². The van der Waals surface area contributed by atoms with Gasteiger partial charge in [-0.1, -0.05) is 24.1 Å². The molecule has 2 rings (SSSR count). The predicted octanol–water partition coefficient (Wildman–Crippen LogP) is 2.20. The molecule has 1 heterocycles. The first-order valence-corrected chi connectivity index (χ1v) is 8.73. The quantitative estimate of drug-likeness (QED) is 0.578. The van der Waals surface area contributed by atoms with Crippen molar-refractivity contribution < 1.29 is 19.1 Å². The molecule has 1 fully saturated rings. The van der Waals surface area contributed by atoms with E-state index >= 15 is 0 Å². The zero-order chi connectivity index (χ0) is 18.2. The number of nitrogens with one attached hydrogen (secondary N) is 1. The van der Waals surface area contributed by atoms with Gasteiger partial charge in [0.05, 0.1) is 13.0 Å². The van der Waals surface area contributed by atoms with Crippen molar-refractivity contribution in [2.75, 3.05) is 25.1 Å². The molecule has 6 nitrogen and oxygen atoms in total. The Morgan fingerprint density at radius 2 is 1.92 bits per heavy atom.